The van der Waals surface area contributed by atoms with E-state index in [1.807, 2.05) is 79.9 Å². The van der Waals surface area contributed by atoms with Gasteiger partial charge in [0, 0.05) is 26.7 Å². The summed E-state index contributed by atoms with van der Waals surface area (Å²) in [5.41, 5.74) is 3.03. The maximum absolute atomic E-state index is 13.3. The number of amides is 3. The molecule has 1 unspecified atom stereocenters. The van der Waals surface area contributed by atoms with Crippen molar-refractivity contribution in [2.24, 2.45) is 0 Å². The lowest BCUT2D eigenvalue weighted by Crippen LogP contribution is -2.30. The highest BCUT2D eigenvalue weighted by molar-refractivity contribution is 8.00. The third kappa shape index (κ3) is 8.17. The van der Waals surface area contributed by atoms with Crippen molar-refractivity contribution in [3.63, 3.8) is 0 Å². The molecule has 0 fully saturated rings. The van der Waals surface area contributed by atoms with Crippen molar-refractivity contribution in [3.8, 4) is 0 Å². The first-order chi connectivity index (χ1) is 18.9. The van der Waals surface area contributed by atoms with E-state index in [9.17, 15) is 14.4 Å². The molecule has 198 valence electrons. The van der Waals surface area contributed by atoms with E-state index in [1.165, 1.54) is 23.1 Å². The smallest absolute Gasteiger partial charge is 0.272 e. The summed E-state index contributed by atoms with van der Waals surface area (Å²) in [5.74, 6) is -0.896. The zero-order chi connectivity index (χ0) is 27.6. The first kappa shape index (κ1) is 27.9. The predicted molar refractivity (Wildman–Crippen MR) is 161 cm³/mol. The number of anilines is 2. The summed E-state index contributed by atoms with van der Waals surface area (Å²) >= 11 is 2.90. The maximum Gasteiger partial charge on any atom is 0.272 e. The lowest BCUT2D eigenvalue weighted by atomic mass is 10.2. The summed E-state index contributed by atoms with van der Waals surface area (Å²) in [6.45, 7) is 3.97. The molecule has 0 aliphatic rings. The molecule has 3 aromatic carbocycles. The Bertz CT molecular complexity index is 1450. The number of benzene rings is 3. The fourth-order valence-corrected chi connectivity index (χ4v) is 5.32. The summed E-state index contributed by atoms with van der Waals surface area (Å²) in [6.07, 6.45) is 2.29. The molecule has 0 aliphatic heterocycles. The van der Waals surface area contributed by atoms with Crippen molar-refractivity contribution in [2.75, 3.05) is 10.6 Å². The Morgan fingerprint density at radius 3 is 2.33 bits per heavy atom. The number of thiophene rings is 1. The molecular weight excluding hydrogens is 526 g/mol. The molecule has 1 aromatic heterocycles. The van der Waals surface area contributed by atoms with Crippen LogP contribution in [0.5, 0.6) is 0 Å². The Hall–Kier alpha value is -4.14. The van der Waals surface area contributed by atoms with Gasteiger partial charge in [0.15, 0.2) is 0 Å². The van der Waals surface area contributed by atoms with Crippen LogP contribution in [0.15, 0.2) is 107 Å². The van der Waals surface area contributed by atoms with Crippen LogP contribution in [0.4, 0.5) is 11.4 Å². The van der Waals surface area contributed by atoms with Crippen LogP contribution in [0.25, 0.3) is 6.08 Å². The first-order valence-corrected chi connectivity index (χ1v) is 14.2. The average molecular weight is 556 g/mol. The molecule has 6 nitrogen and oxygen atoms in total. The molecule has 0 saturated heterocycles. The van der Waals surface area contributed by atoms with Crippen molar-refractivity contribution < 1.29 is 14.4 Å². The summed E-state index contributed by atoms with van der Waals surface area (Å²) in [6, 6.07) is 27.5. The Kier molecular flexibility index (Phi) is 9.72. The van der Waals surface area contributed by atoms with E-state index in [0.717, 1.165) is 21.0 Å². The molecule has 0 spiro atoms. The van der Waals surface area contributed by atoms with Crippen molar-refractivity contribution in [2.45, 2.75) is 30.4 Å². The summed E-state index contributed by atoms with van der Waals surface area (Å²) in [7, 11) is 0. The predicted octanol–water partition coefficient (Wildman–Crippen LogP) is 6.98. The number of hydrogen-bond donors (Lipinski definition) is 3. The zero-order valence-corrected chi connectivity index (χ0v) is 23.3. The van der Waals surface area contributed by atoms with Gasteiger partial charge in [-0.3, -0.25) is 14.4 Å². The Morgan fingerprint density at radius 2 is 1.64 bits per heavy atom. The van der Waals surface area contributed by atoms with Gasteiger partial charge in [0.1, 0.15) is 5.70 Å². The Labute approximate surface area is 236 Å². The van der Waals surface area contributed by atoms with E-state index in [-0.39, 0.29) is 22.8 Å². The van der Waals surface area contributed by atoms with Gasteiger partial charge in [0.05, 0.1) is 5.25 Å². The van der Waals surface area contributed by atoms with Gasteiger partial charge >= 0.3 is 0 Å². The second-order valence-corrected chi connectivity index (χ2v) is 11.0. The Morgan fingerprint density at radius 1 is 0.872 bits per heavy atom. The quantitative estimate of drug-likeness (QED) is 0.146. The lowest BCUT2D eigenvalue weighted by molar-refractivity contribution is -0.116. The van der Waals surface area contributed by atoms with Gasteiger partial charge in [-0.25, -0.2) is 0 Å². The number of thioether (sulfide) groups is 1. The highest BCUT2D eigenvalue weighted by atomic mass is 32.2. The standard InChI is InChI=1S/C31H29N3O3S2/c1-3-28(31(37)32-23-16-14-21(2)15-17-23)39-26-12-7-11-24(19-26)33-30(36)27(20-25-13-8-18-38-25)34-29(35)22-9-5-4-6-10-22/h4-20,28H,3H2,1-2H3,(H,32,37)(H,33,36)(H,34,35)/b27-20-. The highest BCUT2D eigenvalue weighted by Gasteiger charge is 2.19. The highest BCUT2D eigenvalue weighted by Crippen LogP contribution is 2.29. The topological polar surface area (TPSA) is 87.3 Å². The Balaban J connectivity index is 1.46. The molecule has 3 N–H and O–H groups in total. The SMILES string of the molecule is CCC(Sc1cccc(NC(=O)/C(=C/c2cccs2)NC(=O)c2ccccc2)c1)C(=O)Nc1ccc(C)cc1. The zero-order valence-electron chi connectivity index (χ0n) is 21.6. The summed E-state index contributed by atoms with van der Waals surface area (Å²) in [4.78, 5) is 40.6. The van der Waals surface area contributed by atoms with Gasteiger partial charge in [-0.2, -0.15) is 0 Å². The van der Waals surface area contributed by atoms with Gasteiger partial charge in [-0.1, -0.05) is 55.0 Å². The van der Waals surface area contributed by atoms with Crippen LogP contribution in [0.2, 0.25) is 0 Å². The van der Waals surface area contributed by atoms with Gasteiger partial charge in [-0.15, -0.1) is 23.1 Å². The van der Waals surface area contributed by atoms with Crippen molar-refractivity contribution in [1.82, 2.24) is 5.32 Å². The minimum atomic E-state index is -0.445. The fraction of sp³-hybridized carbons (Fsp3) is 0.129. The van der Waals surface area contributed by atoms with E-state index in [2.05, 4.69) is 16.0 Å². The molecule has 8 heteroatoms. The summed E-state index contributed by atoms with van der Waals surface area (Å²) < 4.78 is 0. The average Bonchev–Trinajstić information content (AvgIpc) is 3.46. The molecule has 0 radical (unpaired) electrons. The molecule has 0 saturated carbocycles. The molecule has 4 rings (SSSR count). The van der Waals surface area contributed by atoms with Crippen LogP contribution in [-0.2, 0) is 9.59 Å². The fourth-order valence-electron chi connectivity index (χ4n) is 3.65. The first-order valence-electron chi connectivity index (χ1n) is 12.5. The molecular formula is C31H29N3O3S2. The molecule has 1 atom stereocenters. The molecule has 0 aliphatic carbocycles. The number of nitrogens with one attached hydrogen (secondary N) is 3. The van der Waals surface area contributed by atoms with Gasteiger partial charge in [0.25, 0.3) is 11.8 Å². The maximum atomic E-state index is 13.3. The van der Waals surface area contributed by atoms with E-state index in [4.69, 9.17) is 0 Å². The summed E-state index contributed by atoms with van der Waals surface area (Å²) in [5, 5.41) is 10.2. The van der Waals surface area contributed by atoms with Crippen LogP contribution < -0.4 is 16.0 Å². The molecule has 39 heavy (non-hydrogen) atoms. The minimum Gasteiger partial charge on any atom is -0.325 e. The van der Waals surface area contributed by atoms with Crippen LogP contribution in [-0.4, -0.2) is 23.0 Å². The third-order valence-corrected chi connectivity index (χ3v) is 7.89. The minimum absolute atomic E-state index is 0.0782. The molecule has 1 heterocycles. The lowest BCUT2D eigenvalue weighted by Gasteiger charge is -2.16. The van der Waals surface area contributed by atoms with Gasteiger partial charge < -0.3 is 16.0 Å². The van der Waals surface area contributed by atoms with E-state index >= 15 is 0 Å². The number of carbonyl (C=O) groups excluding carboxylic acids is 3. The largest absolute Gasteiger partial charge is 0.325 e. The van der Waals surface area contributed by atoms with Gasteiger partial charge in [0.2, 0.25) is 5.91 Å². The van der Waals surface area contributed by atoms with Crippen LogP contribution in [0.3, 0.4) is 0 Å². The second kappa shape index (κ2) is 13.6. The number of rotatable bonds is 10. The van der Waals surface area contributed by atoms with Crippen LogP contribution in [0, 0.1) is 6.92 Å². The normalized spacial score (nSPS) is 11.9. The third-order valence-electron chi connectivity index (χ3n) is 5.71. The van der Waals surface area contributed by atoms with E-state index < -0.39 is 5.91 Å². The number of aryl methyl sites for hydroxylation is 1. The van der Waals surface area contributed by atoms with Crippen molar-refractivity contribution in [1.29, 1.82) is 0 Å². The van der Waals surface area contributed by atoms with Gasteiger partial charge in [-0.05, 0) is 73.3 Å². The van der Waals surface area contributed by atoms with Crippen LogP contribution >= 0.6 is 23.1 Å². The van der Waals surface area contributed by atoms with Crippen LogP contribution in [0.1, 0.15) is 34.1 Å². The number of hydrogen-bond acceptors (Lipinski definition) is 5. The number of carbonyl (C=O) groups is 3. The van der Waals surface area contributed by atoms with E-state index in [1.54, 1.807) is 36.4 Å². The molecule has 0 bridgehead atoms. The van der Waals surface area contributed by atoms with E-state index in [0.29, 0.717) is 17.7 Å². The second-order valence-electron chi connectivity index (χ2n) is 8.75. The van der Waals surface area contributed by atoms with Crippen molar-refractivity contribution >= 4 is 58.3 Å². The van der Waals surface area contributed by atoms with Crippen molar-refractivity contribution in [3.05, 3.63) is 118 Å². The molecule has 4 aromatic rings. The molecule has 3 amide bonds. The monoisotopic (exact) mass is 555 g/mol.